The highest BCUT2D eigenvalue weighted by Gasteiger charge is 2.16. The Labute approximate surface area is 125 Å². The smallest absolute Gasteiger partial charge is 0.338 e. The largest absolute Gasteiger partial charge is 0.462 e. The van der Waals surface area contributed by atoms with Gasteiger partial charge in [-0.3, -0.25) is 4.79 Å². The SMILES string of the molecule is CCOC(=O)c1ccc(NCC(=O)NC2CCCC2)cc1. The summed E-state index contributed by atoms with van der Waals surface area (Å²) in [5.74, 6) is -0.320. The molecular weight excluding hydrogens is 268 g/mol. The van der Waals surface area contributed by atoms with Gasteiger partial charge < -0.3 is 15.4 Å². The van der Waals surface area contributed by atoms with E-state index in [0.29, 0.717) is 18.2 Å². The molecule has 0 heterocycles. The van der Waals surface area contributed by atoms with Crippen molar-refractivity contribution in [3.63, 3.8) is 0 Å². The Morgan fingerprint density at radius 2 is 1.86 bits per heavy atom. The van der Waals surface area contributed by atoms with Crippen LogP contribution in [0.25, 0.3) is 0 Å². The lowest BCUT2D eigenvalue weighted by Gasteiger charge is -2.13. The van der Waals surface area contributed by atoms with Crippen molar-refractivity contribution in [2.75, 3.05) is 18.5 Å². The molecule has 0 atom stereocenters. The number of benzene rings is 1. The molecule has 1 aliphatic carbocycles. The number of ether oxygens (including phenoxy) is 1. The lowest BCUT2D eigenvalue weighted by atomic mass is 10.2. The maximum Gasteiger partial charge on any atom is 0.338 e. The van der Waals surface area contributed by atoms with Crippen LogP contribution in [-0.4, -0.2) is 31.1 Å². The summed E-state index contributed by atoms with van der Waals surface area (Å²) in [4.78, 5) is 23.3. The molecular formula is C16H22N2O3. The summed E-state index contributed by atoms with van der Waals surface area (Å²) in [5, 5.41) is 6.07. The van der Waals surface area contributed by atoms with Crippen LogP contribution in [0.3, 0.4) is 0 Å². The summed E-state index contributed by atoms with van der Waals surface area (Å²) in [6.45, 7) is 2.38. The zero-order valence-electron chi connectivity index (χ0n) is 12.4. The molecule has 0 spiro atoms. The summed E-state index contributed by atoms with van der Waals surface area (Å²) in [5.41, 5.74) is 1.32. The van der Waals surface area contributed by atoms with Gasteiger partial charge in [0.2, 0.25) is 5.91 Å². The summed E-state index contributed by atoms with van der Waals surface area (Å²) in [7, 11) is 0. The fourth-order valence-electron chi connectivity index (χ4n) is 2.47. The summed E-state index contributed by atoms with van der Waals surface area (Å²) in [6, 6.07) is 7.26. The molecule has 1 aromatic rings. The van der Waals surface area contributed by atoms with Gasteiger partial charge in [0.15, 0.2) is 0 Å². The van der Waals surface area contributed by atoms with Crippen LogP contribution in [0.4, 0.5) is 5.69 Å². The van der Waals surface area contributed by atoms with Crippen molar-refractivity contribution in [1.82, 2.24) is 5.32 Å². The van der Waals surface area contributed by atoms with Crippen LogP contribution in [0.15, 0.2) is 24.3 Å². The number of carbonyl (C=O) groups is 2. The molecule has 0 unspecified atom stereocenters. The fourth-order valence-corrected chi connectivity index (χ4v) is 2.47. The average Bonchev–Trinajstić information content (AvgIpc) is 2.99. The van der Waals surface area contributed by atoms with Gasteiger partial charge in [-0.2, -0.15) is 0 Å². The van der Waals surface area contributed by atoms with E-state index in [1.54, 1.807) is 31.2 Å². The van der Waals surface area contributed by atoms with Gasteiger partial charge in [-0.05, 0) is 44.0 Å². The summed E-state index contributed by atoms with van der Waals surface area (Å²) < 4.78 is 4.92. The van der Waals surface area contributed by atoms with Crippen molar-refractivity contribution in [2.45, 2.75) is 38.6 Å². The third-order valence-electron chi connectivity index (χ3n) is 3.57. The second kappa shape index (κ2) is 7.67. The maximum atomic E-state index is 11.8. The zero-order valence-corrected chi connectivity index (χ0v) is 12.4. The van der Waals surface area contributed by atoms with Crippen LogP contribution in [0.5, 0.6) is 0 Å². The maximum absolute atomic E-state index is 11.8. The van der Waals surface area contributed by atoms with Gasteiger partial charge in [0, 0.05) is 11.7 Å². The van der Waals surface area contributed by atoms with Crippen molar-refractivity contribution in [3.8, 4) is 0 Å². The van der Waals surface area contributed by atoms with Crippen LogP contribution < -0.4 is 10.6 Å². The monoisotopic (exact) mass is 290 g/mol. The van der Waals surface area contributed by atoms with Crippen molar-refractivity contribution in [1.29, 1.82) is 0 Å². The lowest BCUT2D eigenvalue weighted by Crippen LogP contribution is -2.36. The summed E-state index contributed by atoms with van der Waals surface area (Å²) >= 11 is 0. The van der Waals surface area contributed by atoms with Gasteiger partial charge in [0.05, 0.1) is 18.7 Å². The average molecular weight is 290 g/mol. The Bertz CT molecular complexity index is 479. The second-order valence-corrected chi connectivity index (χ2v) is 5.20. The minimum Gasteiger partial charge on any atom is -0.462 e. The van der Waals surface area contributed by atoms with E-state index in [0.717, 1.165) is 18.5 Å². The Balaban J connectivity index is 1.77. The summed E-state index contributed by atoms with van der Waals surface area (Å²) in [6.07, 6.45) is 4.57. The number of hydrogen-bond acceptors (Lipinski definition) is 4. The highest BCUT2D eigenvalue weighted by atomic mass is 16.5. The first-order valence-corrected chi connectivity index (χ1v) is 7.49. The van der Waals surface area contributed by atoms with E-state index in [4.69, 9.17) is 4.74 Å². The van der Waals surface area contributed by atoms with Crippen LogP contribution in [0.2, 0.25) is 0 Å². The van der Waals surface area contributed by atoms with E-state index >= 15 is 0 Å². The van der Waals surface area contributed by atoms with E-state index in [2.05, 4.69) is 10.6 Å². The Morgan fingerprint density at radius 1 is 1.19 bits per heavy atom. The normalized spacial score (nSPS) is 14.7. The third kappa shape index (κ3) is 4.77. The van der Waals surface area contributed by atoms with Gasteiger partial charge in [-0.1, -0.05) is 12.8 Å². The standard InChI is InChI=1S/C16H22N2O3/c1-2-21-16(20)12-7-9-13(10-8-12)17-11-15(19)18-14-5-3-4-6-14/h7-10,14,17H,2-6,11H2,1H3,(H,18,19). The quantitative estimate of drug-likeness (QED) is 0.789. The minimum absolute atomic E-state index is 0.0105. The number of amides is 1. The molecule has 1 aromatic carbocycles. The Kier molecular flexibility index (Phi) is 5.60. The lowest BCUT2D eigenvalue weighted by molar-refractivity contribution is -0.120. The first-order valence-electron chi connectivity index (χ1n) is 7.49. The third-order valence-corrected chi connectivity index (χ3v) is 3.57. The Hall–Kier alpha value is -2.04. The molecule has 114 valence electrons. The molecule has 5 nitrogen and oxygen atoms in total. The molecule has 0 saturated heterocycles. The predicted octanol–water partition coefficient (Wildman–Crippen LogP) is 2.33. The molecule has 1 saturated carbocycles. The molecule has 5 heteroatoms. The van der Waals surface area contributed by atoms with Gasteiger partial charge >= 0.3 is 5.97 Å². The molecule has 1 aliphatic rings. The van der Waals surface area contributed by atoms with Gasteiger partial charge in [-0.25, -0.2) is 4.79 Å². The predicted molar refractivity (Wildman–Crippen MR) is 81.3 cm³/mol. The number of hydrogen-bond donors (Lipinski definition) is 2. The molecule has 0 aliphatic heterocycles. The van der Waals surface area contributed by atoms with Gasteiger partial charge in [0.25, 0.3) is 0 Å². The molecule has 1 amide bonds. The van der Waals surface area contributed by atoms with Crippen molar-refractivity contribution in [2.24, 2.45) is 0 Å². The van der Waals surface area contributed by atoms with Crippen molar-refractivity contribution >= 4 is 17.6 Å². The molecule has 0 bridgehead atoms. The molecule has 1 fully saturated rings. The number of carbonyl (C=O) groups excluding carboxylic acids is 2. The Morgan fingerprint density at radius 3 is 2.48 bits per heavy atom. The molecule has 21 heavy (non-hydrogen) atoms. The zero-order chi connectivity index (χ0) is 15.1. The minimum atomic E-state index is -0.331. The number of esters is 1. The molecule has 0 radical (unpaired) electrons. The van der Waals surface area contributed by atoms with E-state index in [1.165, 1.54) is 12.8 Å². The highest BCUT2D eigenvalue weighted by Crippen LogP contribution is 2.17. The van der Waals surface area contributed by atoms with Gasteiger partial charge in [-0.15, -0.1) is 0 Å². The van der Waals surface area contributed by atoms with E-state index in [-0.39, 0.29) is 18.4 Å². The van der Waals surface area contributed by atoms with Crippen molar-refractivity contribution < 1.29 is 14.3 Å². The van der Waals surface area contributed by atoms with Crippen LogP contribution in [-0.2, 0) is 9.53 Å². The second-order valence-electron chi connectivity index (χ2n) is 5.20. The topological polar surface area (TPSA) is 67.4 Å². The van der Waals surface area contributed by atoms with Crippen molar-refractivity contribution in [3.05, 3.63) is 29.8 Å². The van der Waals surface area contributed by atoms with E-state index in [9.17, 15) is 9.59 Å². The fraction of sp³-hybridized carbons (Fsp3) is 0.500. The first kappa shape index (κ1) is 15.4. The number of nitrogens with one attached hydrogen (secondary N) is 2. The highest BCUT2D eigenvalue weighted by molar-refractivity contribution is 5.90. The molecule has 2 rings (SSSR count). The number of rotatable bonds is 6. The van der Waals surface area contributed by atoms with Crippen LogP contribution >= 0.6 is 0 Å². The number of anilines is 1. The van der Waals surface area contributed by atoms with E-state index in [1.807, 2.05) is 0 Å². The molecule has 2 N–H and O–H groups in total. The van der Waals surface area contributed by atoms with E-state index < -0.39 is 0 Å². The van der Waals surface area contributed by atoms with Crippen LogP contribution in [0, 0.1) is 0 Å². The van der Waals surface area contributed by atoms with Crippen LogP contribution in [0.1, 0.15) is 43.0 Å². The molecule has 0 aromatic heterocycles. The van der Waals surface area contributed by atoms with Gasteiger partial charge in [0.1, 0.15) is 0 Å². The first-order chi connectivity index (χ1) is 10.2.